The summed E-state index contributed by atoms with van der Waals surface area (Å²) < 4.78 is 6.34. The van der Waals surface area contributed by atoms with Crippen LogP contribution in [0.5, 0.6) is 5.75 Å². The summed E-state index contributed by atoms with van der Waals surface area (Å²) in [6, 6.07) is 10.7. The molecule has 0 fully saturated rings. The minimum atomic E-state index is -0.525. The summed E-state index contributed by atoms with van der Waals surface area (Å²) in [5.74, 6) is 0.183. The van der Waals surface area contributed by atoms with Crippen LogP contribution in [0.1, 0.15) is 22.8 Å². The number of carbonyl (C=O) groups is 1. The van der Waals surface area contributed by atoms with E-state index in [9.17, 15) is 14.9 Å². The van der Waals surface area contributed by atoms with E-state index in [1.807, 2.05) is 19.1 Å². The zero-order valence-corrected chi connectivity index (χ0v) is 14.3. The van der Waals surface area contributed by atoms with Crippen LogP contribution in [0.4, 0.5) is 5.69 Å². The third kappa shape index (κ3) is 4.63. The maximum absolute atomic E-state index is 12.0. The highest BCUT2D eigenvalue weighted by Crippen LogP contribution is 2.21. The van der Waals surface area contributed by atoms with E-state index in [0.717, 1.165) is 4.47 Å². The molecule has 0 aliphatic heterocycles. The molecule has 0 aliphatic rings. The van der Waals surface area contributed by atoms with Gasteiger partial charge in [-0.25, -0.2) is 5.43 Å². The summed E-state index contributed by atoms with van der Waals surface area (Å²) in [6.45, 7) is 2.39. The lowest BCUT2D eigenvalue weighted by Gasteiger charge is -2.07. The largest absolute Gasteiger partial charge is 0.493 e. The highest BCUT2D eigenvalue weighted by molar-refractivity contribution is 9.10. The molecule has 0 atom stereocenters. The van der Waals surface area contributed by atoms with Gasteiger partial charge in [0.25, 0.3) is 11.6 Å². The number of nitrogens with zero attached hydrogens (tertiary/aromatic N) is 2. The Morgan fingerprint density at radius 3 is 2.67 bits per heavy atom. The molecule has 24 heavy (non-hydrogen) atoms. The van der Waals surface area contributed by atoms with Crippen molar-refractivity contribution in [1.29, 1.82) is 0 Å². The Hall–Kier alpha value is -2.74. The first-order valence-electron chi connectivity index (χ1n) is 7.01. The van der Waals surface area contributed by atoms with Gasteiger partial charge >= 0.3 is 0 Å². The number of halogens is 1. The predicted molar refractivity (Wildman–Crippen MR) is 93.5 cm³/mol. The number of non-ortho nitro benzene ring substituents is 1. The van der Waals surface area contributed by atoms with E-state index in [0.29, 0.717) is 17.9 Å². The number of nitrogens with one attached hydrogen (secondary N) is 1. The standard InChI is InChI=1S/C16H14BrN3O4/c1-2-24-15-8-5-13(17)9-12(15)10-18-19-16(21)11-3-6-14(7-4-11)20(22)23/h3-10H,2H2,1H3,(H,19,21)/b18-10-. The van der Waals surface area contributed by atoms with E-state index in [1.54, 1.807) is 6.07 Å². The molecule has 2 aromatic rings. The maximum atomic E-state index is 12.0. The van der Waals surface area contributed by atoms with Crippen LogP contribution in [-0.2, 0) is 0 Å². The van der Waals surface area contributed by atoms with Crippen molar-refractivity contribution in [1.82, 2.24) is 5.43 Å². The van der Waals surface area contributed by atoms with Gasteiger partial charge in [-0.1, -0.05) is 15.9 Å². The molecular weight excluding hydrogens is 378 g/mol. The number of hydrazone groups is 1. The monoisotopic (exact) mass is 391 g/mol. The molecule has 0 radical (unpaired) electrons. The Morgan fingerprint density at radius 1 is 1.33 bits per heavy atom. The Labute approximate surface area is 146 Å². The Kier molecular flexibility index (Phi) is 6.02. The average Bonchev–Trinajstić information content (AvgIpc) is 2.57. The lowest BCUT2D eigenvalue weighted by Crippen LogP contribution is -2.17. The molecule has 124 valence electrons. The topological polar surface area (TPSA) is 93.8 Å². The van der Waals surface area contributed by atoms with Gasteiger partial charge in [0.15, 0.2) is 0 Å². The second kappa shape index (κ2) is 8.21. The van der Waals surface area contributed by atoms with E-state index in [4.69, 9.17) is 4.74 Å². The van der Waals surface area contributed by atoms with Crippen LogP contribution in [0.3, 0.4) is 0 Å². The third-order valence-corrected chi connectivity index (χ3v) is 3.47. The molecule has 0 unspecified atom stereocenters. The Balaban J connectivity index is 2.07. The second-order valence-corrected chi connectivity index (χ2v) is 5.53. The first-order chi connectivity index (χ1) is 11.5. The molecule has 0 bridgehead atoms. The summed E-state index contributed by atoms with van der Waals surface area (Å²) in [4.78, 5) is 22.0. The van der Waals surface area contributed by atoms with Crippen molar-refractivity contribution in [3.8, 4) is 5.75 Å². The number of nitro groups is 1. The van der Waals surface area contributed by atoms with Crippen molar-refractivity contribution in [2.24, 2.45) is 5.10 Å². The lowest BCUT2D eigenvalue weighted by atomic mass is 10.2. The van der Waals surface area contributed by atoms with Gasteiger partial charge in [-0.2, -0.15) is 5.10 Å². The number of hydrogen-bond acceptors (Lipinski definition) is 5. The van der Waals surface area contributed by atoms with Gasteiger partial charge in [0.1, 0.15) is 5.75 Å². The van der Waals surface area contributed by atoms with E-state index >= 15 is 0 Å². The molecule has 2 rings (SSSR count). The Morgan fingerprint density at radius 2 is 2.04 bits per heavy atom. The average molecular weight is 392 g/mol. The quantitative estimate of drug-likeness (QED) is 0.462. The lowest BCUT2D eigenvalue weighted by molar-refractivity contribution is -0.384. The van der Waals surface area contributed by atoms with Gasteiger partial charge in [0.05, 0.1) is 17.7 Å². The Bertz CT molecular complexity index is 775. The molecule has 2 aromatic carbocycles. The van der Waals surface area contributed by atoms with E-state index in [2.05, 4.69) is 26.5 Å². The molecule has 0 aliphatic carbocycles. The van der Waals surface area contributed by atoms with Gasteiger partial charge < -0.3 is 4.74 Å². The summed E-state index contributed by atoms with van der Waals surface area (Å²) in [6.07, 6.45) is 1.47. The van der Waals surface area contributed by atoms with Crippen LogP contribution in [0, 0.1) is 10.1 Å². The van der Waals surface area contributed by atoms with Crippen LogP contribution in [0.25, 0.3) is 0 Å². The van der Waals surface area contributed by atoms with E-state index < -0.39 is 10.8 Å². The van der Waals surface area contributed by atoms with Crippen molar-refractivity contribution in [2.45, 2.75) is 6.92 Å². The SMILES string of the molecule is CCOc1ccc(Br)cc1/C=N\NC(=O)c1ccc([N+](=O)[O-])cc1. The van der Waals surface area contributed by atoms with Gasteiger partial charge in [0.2, 0.25) is 0 Å². The second-order valence-electron chi connectivity index (χ2n) is 4.62. The maximum Gasteiger partial charge on any atom is 0.271 e. The van der Waals surface area contributed by atoms with Gasteiger partial charge in [-0.05, 0) is 37.3 Å². The van der Waals surface area contributed by atoms with Crippen molar-refractivity contribution >= 4 is 33.7 Å². The number of nitro benzene ring substituents is 1. The normalized spacial score (nSPS) is 10.6. The summed E-state index contributed by atoms with van der Waals surface area (Å²) in [5.41, 5.74) is 3.28. The first kappa shape index (κ1) is 17.6. The number of hydrogen-bond donors (Lipinski definition) is 1. The van der Waals surface area contributed by atoms with Gasteiger partial charge in [-0.3, -0.25) is 14.9 Å². The molecule has 7 nitrogen and oxygen atoms in total. The molecule has 0 saturated carbocycles. The van der Waals surface area contributed by atoms with Crippen LogP contribution >= 0.6 is 15.9 Å². The number of ether oxygens (including phenoxy) is 1. The summed E-state index contributed by atoms with van der Waals surface area (Å²) >= 11 is 3.36. The smallest absolute Gasteiger partial charge is 0.271 e. The third-order valence-electron chi connectivity index (χ3n) is 2.98. The van der Waals surface area contributed by atoms with Crippen molar-refractivity contribution in [2.75, 3.05) is 6.61 Å². The minimum Gasteiger partial charge on any atom is -0.493 e. The van der Waals surface area contributed by atoms with Crippen LogP contribution in [0.2, 0.25) is 0 Å². The van der Waals surface area contributed by atoms with E-state index in [1.165, 1.54) is 30.5 Å². The fourth-order valence-corrected chi connectivity index (χ4v) is 2.25. The molecule has 0 spiro atoms. The molecule has 0 aromatic heterocycles. The van der Waals surface area contributed by atoms with E-state index in [-0.39, 0.29) is 11.3 Å². The van der Waals surface area contributed by atoms with Crippen LogP contribution < -0.4 is 10.2 Å². The molecule has 1 N–H and O–H groups in total. The van der Waals surface area contributed by atoms with Crippen LogP contribution in [0.15, 0.2) is 52.0 Å². The minimum absolute atomic E-state index is 0.0782. The first-order valence-corrected chi connectivity index (χ1v) is 7.80. The molecule has 0 saturated heterocycles. The van der Waals surface area contributed by atoms with Crippen LogP contribution in [-0.4, -0.2) is 23.7 Å². The summed E-state index contributed by atoms with van der Waals surface area (Å²) in [7, 11) is 0. The van der Waals surface area contributed by atoms with Crippen molar-refractivity contribution < 1.29 is 14.5 Å². The highest BCUT2D eigenvalue weighted by atomic mass is 79.9. The van der Waals surface area contributed by atoms with Crippen molar-refractivity contribution in [3.05, 3.63) is 68.2 Å². The molecular formula is C16H14BrN3O4. The van der Waals surface area contributed by atoms with Gasteiger partial charge in [-0.15, -0.1) is 0 Å². The number of benzene rings is 2. The van der Waals surface area contributed by atoms with Gasteiger partial charge in [0, 0.05) is 27.7 Å². The molecule has 1 amide bonds. The fraction of sp³-hybridized carbons (Fsp3) is 0.125. The zero-order chi connectivity index (χ0) is 17.5. The molecule has 8 heteroatoms. The number of rotatable bonds is 6. The number of amides is 1. The molecule has 0 heterocycles. The zero-order valence-electron chi connectivity index (χ0n) is 12.7. The summed E-state index contributed by atoms with van der Waals surface area (Å²) in [5, 5.41) is 14.5. The fourth-order valence-electron chi connectivity index (χ4n) is 1.87. The number of carbonyl (C=O) groups excluding carboxylic acids is 1. The highest BCUT2D eigenvalue weighted by Gasteiger charge is 2.08. The van der Waals surface area contributed by atoms with Crippen molar-refractivity contribution in [3.63, 3.8) is 0 Å². The predicted octanol–water partition coefficient (Wildman–Crippen LogP) is 3.52.